The van der Waals surface area contributed by atoms with E-state index < -0.39 is 11.6 Å². The quantitative estimate of drug-likeness (QED) is 0.890. The minimum Gasteiger partial charge on any atom is -0.393 e. The molecule has 3 nitrogen and oxygen atoms in total. The number of amides is 1. The summed E-state index contributed by atoms with van der Waals surface area (Å²) in [5.74, 6) is -0.120. The van der Waals surface area contributed by atoms with Gasteiger partial charge in [0.15, 0.2) is 0 Å². The van der Waals surface area contributed by atoms with Gasteiger partial charge in [0.05, 0.1) is 11.6 Å². The standard InChI is InChI=1S/C19H23NO2/c1-14(21)13-15-9-7-8-12-17(15)18(22)20-19(2,3)16-10-5-4-6-11-16/h4-12,14,21H,13H2,1-3H3,(H,20,22). The van der Waals surface area contributed by atoms with Gasteiger partial charge in [-0.15, -0.1) is 0 Å². The molecule has 0 saturated carbocycles. The fraction of sp³-hybridized carbons (Fsp3) is 0.316. The lowest BCUT2D eigenvalue weighted by Crippen LogP contribution is -2.41. The molecule has 0 heterocycles. The average molecular weight is 297 g/mol. The first-order chi connectivity index (χ1) is 10.4. The number of aliphatic hydroxyl groups excluding tert-OH is 1. The van der Waals surface area contributed by atoms with E-state index in [0.717, 1.165) is 11.1 Å². The van der Waals surface area contributed by atoms with Gasteiger partial charge in [-0.05, 0) is 44.4 Å². The molecule has 0 radical (unpaired) electrons. The van der Waals surface area contributed by atoms with Gasteiger partial charge in [0.2, 0.25) is 0 Å². The summed E-state index contributed by atoms with van der Waals surface area (Å²) >= 11 is 0. The maximum absolute atomic E-state index is 12.6. The van der Waals surface area contributed by atoms with Crippen molar-refractivity contribution in [2.75, 3.05) is 0 Å². The van der Waals surface area contributed by atoms with Crippen LogP contribution in [0.4, 0.5) is 0 Å². The molecule has 1 unspecified atom stereocenters. The fourth-order valence-electron chi connectivity index (χ4n) is 2.52. The summed E-state index contributed by atoms with van der Waals surface area (Å²) in [6, 6.07) is 17.3. The third-order valence-corrected chi connectivity index (χ3v) is 3.70. The molecule has 0 spiro atoms. The van der Waals surface area contributed by atoms with E-state index in [0.29, 0.717) is 12.0 Å². The summed E-state index contributed by atoms with van der Waals surface area (Å²) in [6.45, 7) is 5.69. The SMILES string of the molecule is CC(O)Cc1ccccc1C(=O)NC(C)(C)c1ccccc1. The van der Waals surface area contributed by atoms with Gasteiger partial charge in [0, 0.05) is 5.56 Å². The van der Waals surface area contributed by atoms with Gasteiger partial charge in [0.25, 0.3) is 5.91 Å². The zero-order valence-corrected chi connectivity index (χ0v) is 13.3. The van der Waals surface area contributed by atoms with Crippen LogP contribution in [-0.2, 0) is 12.0 Å². The lowest BCUT2D eigenvalue weighted by molar-refractivity contribution is 0.0910. The lowest BCUT2D eigenvalue weighted by atomic mass is 9.93. The van der Waals surface area contributed by atoms with Crippen molar-refractivity contribution in [2.24, 2.45) is 0 Å². The molecule has 22 heavy (non-hydrogen) atoms. The van der Waals surface area contributed by atoms with E-state index in [2.05, 4.69) is 5.32 Å². The Morgan fingerprint density at radius 3 is 2.32 bits per heavy atom. The Hall–Kier alpha value is -2.13. The summed E-state index contributed by atoms with van der Waals surface area (Å²) in [5, 5.41) is 12.7. The molecule has 2 aromatic carbocycles. The molecule has 0 aliphatic carbocycles. The predicted octanol–water partition coefficient (Wildman–Crippen LogP) is 3.28. The molecule has 116 valence electrons. The minimum absolute atomic E-state index is 0.120. The van der Waals surface area contributed by atoms with Crippen molar-refractivity contribution >= 4 is 5.91 Å². The lowest BCUT2D eigenvalue weighted by Gasteiger charge is -2.27. The van der Waals surface area contributed by atoms with E-state index in [1.165, 1.54) is 0 Å². The summed E-state index contributed by atoms with van der Waals surface area (Å²) in [4.78, 5) is 12.6. The topological polar surface area (TPSA) is 49.3 Å². The summed E-state index contributed by atoms with van der Waals surface area (Å²) < 4.78 is 0. The Morgan fingerprint density at radius 2 is 1.68 bits per heavy atom. The van der Waals surface area contributed by atoms with Gasteiger partial charge < -0.3 is 10.4 Å². The number of aliphatic hydroxyl groups is 1. The highest BCUT2D eigenvalue weighted by Gasteiger charge is 2.24. The molecule has 2 rings (SSSR count). The molecule has 0 aromatic heterocycles. The van der Waals surface area contributed by atoms with Crippen molar-refractivity contribution in [1.29, 1.82) is 0 Å². The van der Waals surface area contributed by atoms with E-state index in [1.807, 2.05) is 62.4 Å². The van der Waals surface area contributed by atoms with Crippen LogP contribution in [0.2, 0.25) is 0 Å². The van der Waals surface area contributed by atoms with Crippen LogP contribution in [-0.4, -0.2) is 17.1 Å². The molecule has 2 N–H and O–H groups in total. The second-order valence-electron chi connectivity index (χ2n) is 6.16. The Labute approximate surface area is 132 Å². The van der Waals surface area contributed by atoms with Crippen molar-refractivity contribution in [3.8, 4) is 0 Å². The number of carbonyl (C=O) groups excluding carboxylic acids is 1. The Kier molecular flexibility index (Phi) is 4.99. The van der Waals surface area contributed by atoms with Crippen LogP contribution >= 0.6 is 0 Å². The van der Waals surface area contributed by atoms with E-state index in [1.54, 1.807) is 13.0 Å². The minimum atomic E-state index is -0.476. The number of nitrogens with one attached hydrogen (secondary N) is 1. The number of hydrogen-bond donors (Lipinski definition) is 2. The highest BCUT2D eigenvalue weighted by molar-refractivity contribution is 5.96. The maximum Gasteiger partial charge on any atom is 0.252 e. The van der Waals surface area contributed by atoms with E-state index in [9.17, 15) is 9.90 Å². The smallest absolute Gasteiger partial charge is 0.252 e. The second-order valence-corrected chi connectivity index (χ2v) is 6.16. The third kappa shape index (κ3) is 3.95. The second kappa shape index (κ2) is 6.75. The van der Waals surface area contributed by atoms with Gasteiger partial charge in [-0.3, -0.25) is 4.79 Å². The van der Waals surface area contributed by atoms with Crippen LogP contribution < -0.4 is 5.32 Å². The molecule has 0 fully saturated rings. The molecule has 0 aliphatic heterocycles. The fourth-order valence-corrected chi connectivity index (χ4v) is 2.52. The normalized spacial score (nSPS) is 12.7. The summed E-state index contributed by atoms with van der Waals surface area (Å²) in [5.41, 5.74) is 2.07. The highest BCUT2D eigenvalue weighted by atomic mass is 16.3. The zero-order valence-electron chi connectivity index (χ0n) is 13.3. The number of carbonyl (C=O) groups is 1. The van der Waals surface area contributed by atoms with Crippen molar-refractivity contribution in [3.63, 3.8) is 0 Å². The molecule has 3 heteroatoms. The molecule has 0 saturated heterocycles. The van der Waals surface area contributed by atoms with Gasteiger partial charge in [-0.25, -0.2) is 0 Å². The first-order valence-electron chi connectivity index (χ1n) is 7.54. The monoisotopic (exact) mass is 297 g/mol. The van der Waals surface area contributed by atoms with Gasteiger partial charge in [-0.2, -0.15) is 0 Å². The van der Waals surface area contributed by atoms with Gasteiger partial charge in [0.1, 0.15) is 0 Å². The molecule has 0 aliphatic rings. The Morgan fingerprint density at radius 1 is 1.09 bits per heavy atom. The van der Waals surface area contributed by atoms with Crippen molar-refractivity contribution in [1.82, 2.24) is 5.32 Å². The summed E-state index contributed by atoms with van der Waals surface area (Å²) in [7, 11) is 0. The van der Waals surface area contributed by atoms with Crippen LogP contribution in [0, 0.1) is 0 Å². The first kappa shape index (κ1) is 16.2. The van der Waals surface area contributed by atoms with E-state index in [4.69, 9.17) is 0 Å². The van der Waals surface area contributed by atoms with Gasteiger partial charge >= 0.3 is 0 Å². The van der Waals surface area contributed by atoms with E-state index in [-0.39, 0.29) is 5.91 Å². The van der Waals surface area contributed by atoms with Crippen molar-refractivity contribution in [3.05, 3.63) is 71.3 Å². The molecular weight excluding hydrogens is 274 g/mol. The first-order valence-corrected chi connectivity index (χ1v) is 7.54. The largest absolute Gasteiger partial charge is 0.393 e. The number of rotatable bonds is 5. The van der Waals surface area contributed by atoms with Gasteiger partial charge in [-0.1, -0.05) is 48.5 Å². The molecule has 1 amide bonds. The Bertz CT molecular complexity index is 633. The van der Waals surface area contributed by atoms with Crippen LogP contribution in [0.15, 0.2) is 54.6 Å². The molecular formula is C19H23NO2. The number of benzene rings is 2. The molecule has 2 aromatic rings. The maximum atomic E-state index is 12.6. The average Bonchev–Trinajstić information content (AvgIpc) is 2.47. The summed E-state index contributed by atoms with van der Waals surface area (Å²) in [6.07, 6.45) is -0.00823. The van der Waals surface area contributed by atoms with Crippen LogP contribution in [0.3, 0.4) is 0 Å². The number of hydrogen-bond acceptors (Lipinski definition) is 2. The third-order valence-electron chi connectivity index (χ3n) is 3.70. The Balaban J connectivity index is 2.22. The highest BCUT2D eigenvalue weighted by Crippen LogP contribution is 2.21. The van der Waals surface area contributed by atoms with Crippen LogP contribution in [0.1, 0.15) is 42.3 Å². The van der Waals surface area contributed by atoms with E-state index >= 15 is 0 Å². The van der Waals surface area contributed by atoms with Crippen LogP contribution in [0.5, 0.6) is 0 Å². The van der Waals surface area contributed by atoms with Crippen molar-refractivity contribution in [2.45, 2.75) is 38.8 Å². The van der Waals surface area contributed by atoms with Crippen molar-refractivity contribution < 1.29 is 9.90 Å². The predicted molar refractivity (Wildman–Crippen MR) is 88.8 cm³/mol. The molecule has 0 bridgehead atoms. The molecule has 1 atom stereocenters. The van der Waals surface area contributed by atoms with Crippen LogP contribution in [0.25, 0.3) is 0 Å². The zero-order chi connectivity index (χ0) is 16.2.